The molecule has 13 heteroatoms. The number of benzene rings is 1. The van der Waals surface area contributed by atoms with Crippen LogP contribution in [0.4, 0.5) is 28.8 Å². The number of rotatable bonds is 8. The van der Waals surface area contributed by atoms with Gasteiger partial charge in [0.15, 0.2) is 11.6 Å². The van der Waals surface area contributed by atoms with Crippen LogP contribution in [0.25, 0.3) is 0 Å². The molecule has 3 unspecified atom stereocenters. The van der Waals surface area contributed by atoms with Crippen molar-refractivity contribution in [1.29, 1.82) is 0 Å². The molecule has 3 saturated heterocycles. The van der Waals surface area contributed by atoms with E-state index in [0.29, 0.717) is 36.3 Å². The first-order valence-electron chi connectivity index (χ1n) is 19.3. The van der Waals surface area contributed by atoms with Crippen LogP contribution in [0.1, 0.15) is 81.4 Å². The van der Waals surface area contributed by atoms with Gasteiger partial charge < -0.3 is 20.0 Å². The van der Waals surface area contributed by atoms with Gasteiger partial charge in [0.1, 0.15) is 11.9 Å². The Hall–Kier alpha value is -4.91. The van der Waals surface area contributed by atoms with E-state index in [9.17, 15) is 19.2 Å². The zero-order valence-corrected chi connectivity index (χ0v) is 30.7. The van der Waals surface area contributed by atoms with Crippen molar-refractivity contribution in [3.8, 4) is 0 Å². The maximum Gasteiger partial charge on any atom is 0.234 e. The third-order valence-corrected chi connectivity index (χ3v) is 12.2. The Bertz CT molecular complexity index is 1850. The number of aromatic nitrogens is 3. The smallest absolute Gasteiger partial charge is 0.234 e. The molecule has 0 spiro atoms. The number of nitrogens with one attached hydrogen (secondary N) is 2. The van der Waals surface area contributed by atoms with E-state index >= 15 is 0 Å². The minimum absolute atomic E-state index is 0.0480. The van der Waals surface area contributed by atoms with Gasteiger partial charge in [-0.3, -0.25) is 29.4 Å². The predicted molar refractivity (Wildman–Crippen MR) is 203 cm³/mol. The molecule has 53 heavy (non-hydrogen) atoms. The molecule has 2 amide bonds. The highest BCUT2D eigenvalue weighted by Gasteiger charge is 2.46. The molecule has 13 nitrogen and oxygen atoms in total. The van der Waals surface area contributed by atoms with Crippen LogP contribution in [0.3, 0.4) is 0 Å². The van der Waals surface area contributed by atoms with Gasteiger partial charge in [0.05, 0.1) is 41.3 Å². The molecule has 3 atom stereocenters. The quantitative estimate of drug-likeness (QED) is 0.255. The number of fused-ring (bicyclic) bond motifs is 1. The molecule has 0 bridgehead atoms. The van der Waals surface area contributed by atoms with E-state index in [-0.39, 0.29) is 35.2 Å². The second kappa shape index (κ2) is 14.8. The van der Waals surface area contributed by atoms with Crippen LogP contribution in [0.15, 0.2) is 48.8 Å². The molecule has 4 fully saturated rings. The van der Waals surface area contributed by atoms with Gasteiger partial charge in [0, 0.05) is 64.5 Å². The summed E-state index contributed by atoms with van der Waals surface area (Å²) < 4.78 is 0. The lowest BCUT2D eigenvalue weighted by molar-refractivity contribution is -0.134. The summed E-state index contributed by atoms with van der Waals surface area (Å²) in [6, 6.07) is 12.1. The first-order valence-corrected chi connectivity index (χ1v) is 19.3. The number of carbonyl (C=O) groups is 4. The Balaban J connectivity index is 0.838. The number of anilines is 5. The van der Waals surface area contributed by atoms with E-state index in [2.05, 4.69) is 48.5 Å². The number of hydrogen-bond donors (Lipinski definition) is 2. The van der Waals surface area contributed by atoms with E-state index in [1.54, 1.807) is 18.1 Å². The van der Waals surface area contributed by atoms with Crippen LogP contribution in [0, 0.1) is 5.92 Å². The number of amides is 2. The normalized spacial score (nSPS) is 24.7. The second-order valence-electron chi connectivity index (χ2n) is 15.4. The first-order chi connectivity index (χ1) is 25.7. The lowest BCUT2D eigenvalue weighted by Gasteiger charge is -2.43. The van der Waals surface area contributed by atoms with Gasteiger partial charge in [-0.15, -0.1) is 0 Å². The fourth-order valence-corrected chi connectivity index (χ4v) is 9.33. The molecular formula is C40H49N9O4. The first kappa shape index (κ1) is 35.1. The van der Waals surface area contributed by atoms with Crippen LogP contribution >= 0.6 is 0 Å². The maximum absolute atomic E-state index is 13.6. The molecule has 2 aromatic heterocycles. The largest absolute Gasteiger partial charge is 0.370 e. The lowest BCUT2D eigenvalue weighted by Crippen LogP contribution is -2.53. The van der Waals surface area contributed by atoms with Crippen LogP contribution < -0.4 is 25.3 Å². The monoisotopic (exact) mass is 719 g/mol. The highest BCUT2D eigenvalue weighted by atomic mass is 16.2. The Morgan fingerprint density at radius 1 is 0.811 bits per heavy atom. The summed E-state index contributed by atoms with van der Waals surface area (Å²) in [6.07, 6.45) is 10.9. The second-order valence-corrected chi connectivity index (χ2v) is 15.4. The highest BCUT2D eigenvalue weighted by Crippen LogP contribution is 2.44. The summed E-state index contributed by atoms with van der Waals surface area (Å²) in [5, 5.41) is 5.72. The fourth-order valence-electron chi connectivity index (χ4n) is 9.33. The van der Waals surface area contributed by atoms with E-state index in [4.69, 9.17) is 9.97 Å². The molecule has 278 valence electrons. The van der Waals surface area contributed by atoms with Crippen molar-refractivity contribution in [3.05, 3.63) is 60.0 Å². The van der Waals surface area contributed by atoms with E-state index in [0.717, 1.165) is 94.7 Å². The average Bonchev–Trinajstić information content (AvgIpc) is 3.70. The molecule has 6 heterocycles. The van der Waals surface area contributed by atoms with Gasteiger partial charge >= 0.3 is 0 Å². The molecular weight excluding hydrogens is 670 g/mol. The lowest BCUT2D eigenvalue weighted by atomic mass is 9.77. The Labute approximate surface area is 310 Å². The summed E-state index contributed by atoms with van der Waals surface area (Å²) >= 11 is 0. The standard InChI is InChI=1S/C40H49N9O4/c1-25(50)37-38(52)35(27-5-3-4-6-27)36-32(46(37)2)24-42-40(45-36)43-33-13-11-30(23-41-33)47-17-15-29(16-18-47)49-21-19-48(20-22-49)28-9-7-26(8-10-28)31-12-14-34(51)44-39(31)53/h7-11,13,23-24,27,29,31,35,37H,3-6,12,14-22H2,1-2H3,(H,44,51,53)(H,41,42,43,45). The van der Waals surface area contributed by atoms with Gasteiger partial charge in [0.2, 0.25) is 17.8 Å². The van der Waals surface area contributed by atoms with Gasteiger partial charge in [0.25, 0.3) is 0 Å². The molecule has 8 rings (SSSR count). The average molecular weight is 720 g/mol. The van der Waals surface area contributed by atoms with Crippen LogP contribution in [-0.4, -0.2) is 102 Å². The van der Waals surface area contributed by atoms with Gasteiger partial charge in [-0.2, -0.15) is 0 Å². The van der Waals surface area contributed by atoms with Crippen molar-refractivity contribution in [2.24, 2.45) is 5.92 Å². The van der Waals surface area contributed by atoms with Crippen molar-refractivity contribution in [2.45, 2.75) is 82.2 Å². The zero-order chi connectivity index (χ0) is 36.6. The number of Topliss-reactive ketones (excluding diaryl/α,β-unsaturated/α-hetero) is 2. The Morgan fingerprint density at radius 2 is 1.51 bits per heavy atom. The summed E-state index contributed by atoms with van der Waals surface area (Å²) in [4.78, 5) is 73.3. The summed E-state index contributed by atoms with van der Waals surface area (Å²) in [5.74, 6) is 0.0291. The third kappa shape index (κ3) is 7.10. The number of piperazine rings is 1. The number of piperidine rings is 2. The van der Waals surface area contributed by atoms with Crippen molar-refractivity contribution >= 4 is 52.2 Å². The Morgan fingerprint density at radius 3 is 2.17 bits per heavy atom. The summed E-state index contributed by atoms with van der Waals surface area (Å²) in [7, 11) is 1.78. The minimum atomic E-state index is -0.787. The number of pyridine rings is 1. The fraction of sp³-hybridized carbons (Fsp3) is 0.525. The molecule has 2 N–H and O–H groups in total. The van der Waals surface area contributed by atoms with Crippen molar-refractivity contribution < 1.29 is 19.2 Å². The van der Waals surface area contributed by atoms with Gasteiger partial charge in [-0.25, -0.2) is 15.0 Å². The van der Waals surface area contributed by atoms with Crippen LogP contribution in [0.5, 0.6) is 0 Å². The molecule has 0 radical (unpaired) electrons. The molecule has 1 saturated carbocycles. The number of hydrogen-bond acceptors (Lipinski definition) is 12. The summed E-state index contributed by atoms with van der Waals surface area (Å²) in [5.41, 5.74) is 4.70. The number of carbonyl (C=O) groups excluding carboxylic acids is 4. The van der Waals surface area contributed by atoms with Crippen molar-refractivity contribution in [2.75, 3.05) is 66.3 Å². The topological polar surface area (TPSA) is 144 Å². The number of imide groups is 1. The Kier molecular flexibility index (Phi) is 9.84. The predicted octanol–water partition coefficient (Wildman–Crippen LogP) is 4.18. The third-order valence-electron chi connectivity index (χ3n) is 12.2. The van der Waals surface area contributed by atoms with Crippen LogP contribution in [-0.2, 0) is 19.2 Å². The number of likely N-dealkylation sites (N-methyl/N-ethyl adjacent to an activating group) is 1. The highest BCUT2D eigenvalue weighted by molar-refractivity contribution is 6.12. The molecule has 5 aliphatic rings. The molecule has 1 aliphatic carbocycles. The number of nitrogens with zero attached hydrogens (tertiary/aromatic N) is 7. The van der Waals surface area contributed by atoms with E-state index in [1.165, 1.54) is 12.6 Å². The minimum Gasteiger partial charge on any atom is -0.370 e. The molecule has 4 aliphatic heterocycles. The van der Waals surface area contributed by atoms with E-state index < -0.39 is 12.0 Å². The van der Waals surface area contributed by atoms with E-state index in [1.807, 2.05) is 24.4 Å². The maximum atomic E-state index is 13.6. The summed E-state index contributed by atoms with van der Waals surface area (Å²) in [6.45, 7) is 7.42. The van der Waals surface area contributed by atoms with Crippen molar-refractivity contribution in [3.63, 3.8) is 0 Å². The van der Waals surface area contributed by atoms with Gasteiger partial charge in [-0.05, 0) is 74.8 Å². The molecule has 3 aromatic rings. The molecule has 1 aromatic carbocycles. The van der Waals surface area contributed by atoms with Gasteiger partial charge in [-0.1, -0.05) is 25.0 Å². The number of ketones is 2. The zero-order valence-electron chi connectivity index (χ0n) is 30.7. The van der Waals surface area contributed by atoms with Crippen molar-refractivity contribution in [1.82, 2.24) is 25.2 Å². The SMILES string of the molecule is CC(=O)C1C(=O)C(C2CCCC2)c2nc(Nc3ccc(N4CCC(N5CCN(c6ccc(C7CCC(=O)NC7=O)cc6)CC5)CC4)cn3)ncc2N1C. The van der Waals surface area contributed by atoms with Crippen LogP contribution in [0.2, 0.25) is 0 Å².